The van der Waals surface area contributed by atoms with Crippen molar-refractivity contribution in [3.63, 3.8) is 0 Å². The zero-order valence-corrected chi connectivity index (χ0v) is 9.92. The molecule has 1 unspecified atom stereocenters. The van der Waals surface area contributed by atoms with Gasteiger partial charge in [-0.2, -0.15) is 0 Å². The molecule has 1 N–H and O–H groups in total. The number of hydrogen-bond donors (Lipinski definition) is 1. The van der Waals surface area contributed by atoms with Crippen molar-refractivity contribution in [3.8, 4) is 12.3 Å². The lowest BCUT2D eigenvalue weighted by molar-refractivity contribution is -0.120. The van der Waals surface area contributed by atoms with Crippen molar-refractivity contribution in [2.75, 3.05) is 0 Å². The van der Waals surface area contributed by atoms with Crippen LogP contribution >= 0.6 is 11.6 Å². The van der Waals surface area contributed by atoms with E-state index in [1.54, 1.807) is 12.1 Å². The summed E-state index contributed by atoms with van der Waals surface area (Å²) in [5.74, 6) is 2.44. The Hall–Kier alpha value is -1.46. The highest BCUT2D eigenvalue weighted by Crippen LogP contribution is 2.11. The molecule has 0 fully saturated rings. The molecule has 0 aliphatic rings. The number of hydrogen-bond acceptors (Lipinski definition) is 1. The fourth-order valence-electron chi connectivity index (χ4n) is 1.34. The lowest BCUT2D eigenvalue weighted by atomic mass is 10.1. The van der Waals surface area contributed by atoms with E-state index in [1.807, 2.05) is 19.1 Å². The van der Waals surface area contributed by atoms with Crippen molar-refractivity contribution in [1.82, 2.24) is 5.32 Å². The zero-order chi connectivity index (χ0) is 12.0. The number of nitrogens with one attached hydrogen (secondary N) is 1. The number of amides is 1. The van der Waals surface area contributed by atoms with Crippen molar-refractivity contribution >= 4 is 17.5 Å². The molecule has 16 heavy (non-hydrogen) atoms. The Kier molecular flexibility index (Phi) is 4.88. The van der Waals surface area contributed by atoms with Crippen LogP contribution < -0.4 is 5.32 Å². The number of carbonyl (C=O) groups excluding carboxylic acids is 1. The number of halogens is 1. The Morgan fingerprint density at radius 1 is 1.62 bits per heavy atom. The number of rotatable bonds is 4. The third-order valence-electron chi connectivity index (χ3n) is 2.20. The molecule has 3 heteroatoms. The Balaban J connectivity index is 2.55. The first-order valence-electron chi connectivity index (χ1n) is 5.15. The average Bonchev–Trinajstić information content (AvgIpc) is 2.26. The Morgan fingerprint density at radius 3 is 2.94 bits per heavy atom. The fraction of sp³-hybridized carbons (Fsp3) is 0.308. The molecule has 1 rings (SSSR count). The predicted molar refractivity (Wildman–Crippen MR) is 66.2 cm³/mol. The monoisotopic (exact) mass is 235 g/mol. The summed E-state index contributed by atoms with van der Waals surface area (Å²) in [5.41, 5.74) is 0.886. The summed E-state index contributed by atoms with van der Waals surface area (Å²) in [6.45, 7) is 1.93. The Bertz CT molecular complexity index is 409. The van der Waals surface area contributed by atoms with Crippen LogP contribution in [0.2, 0.25) is 5.02 Å². The molecule has 0 saturated carbocycles. The van der Waals surface area contributed by atoms with E-state index >= 15 is 0 Å². The van der Waals surface area contributed by atoms with Crippen molar-refractivity contribution in [3.05, 3.63) is 34.9 Å². The van der Waals surface area contributed by atoms with Crippen LogP contribution in [0.25, 0.3) is 0 Å². The molecule has 0 aliphatic heterocycles. The van der Waals surface area contributed by atoms with Gasteiger partial charge in [0.1, 0.15) is 0 Å². The summed E-state index contributed by atoms with van der Waals surface area (Å²) < 4.78 is 0. The molecule has 0 bridgehead atoms. The van der Waals surface area contributed by atoms with Crippen molar-refractivity contribution in [1.29, 1.82) is 0 Å². The molecule has 0 radical (unpaired) electrons. The van der Waals surface area contributed by atoms with Crippen LogP contribution in [0.3, 0.4) is 0 Å². The van der Waals surface area contributed by atoms with Gasteiger partial charge in [-0.15, -0.1) is 6.42 Å². The number of benzene rings is 1. The van der Waals surface area contributed by atoms with Crippen LogP contribution in [0, 0.1) is 12.3 Å². The summed E-state index contributed by atoms with van der Waals surface area (Å²) in [6.07, 6.45) is 6.30. The van der Waals surface area contributed by atoms with E-state index in [0.717, 1.165) is 12.0 Å². The predicted octanol–water partition coefficient (Wildman–Crippen LogP) is 2.41. The number of terminal acetylenes is 1. The summed E-state index contributed by atoms with van der Waals surface area (Å²) in [5, 5.41) is 3.40. The highest BCUT2D eigenvalue weighted by Gasteiger charge is 2.08. The van der Waals surface area contributed by atoms with Crippen molar-refractivity contribution in [2.45, 2.75) is 25.8 Å². The van der Waals surface area contributed by atoms with Crippen molar-refractivity contribution in [2.24, 2.45) is 0 Å². The minimum Gasteiger partial charge on any atom is -0.342 e. The van der Waals surface area contributed by atoms with Crippen LogP contribution in [-0.4, -0.2) is 11.9 Å². The van der Waals surface area contributed by atoms with Gasteiger partial charge >= 0.3 is 0 Å². The lowest BCUT2D eigenvalue weighted by Crippen LogP contribution is -2.34. The average molecular weight is 236 g/mol. The van der Waals surface area contributed by atoms with Crippen LogP contribution in [0.15, 0.2) is 24.3 Å². The fourth-order valence-corrected chi connectivity index (χ4v) is 1.55. The topological polar surface area (TPSA) is 29.1 Å². The van der Waals surface area contributed by atoms with Gasteiger partial charge in [0.05, 0.1) is 12.5 Å². The quantitative estimate of drug-likeness (QED) is 0.798. The molecule has 84 valence electrons. The third-order valence-corrected chi connectivity index (χ3v) is 2.43. The summed E-state index contributed by atoms with van der Waals surface area (Å²) >= 11 is 5.82. The maximum absolute atomic E-state index is 11.6. The minimum absolute atomic E-state index is 0.0768. The van der Waals surface area contributed by atoms with E-state index in [2.05, 4.69) is 11.2 Å². The molecule has 0 spiro atoms. The zero-order valence-electron chi connectivity index (χ0n) is 9.16. The second kappa shape index (κ2) is 6.19. The van der Waals surface area contributed by atoms with Gasteiger partial charge in [-0.05, 0) is 24.1 Å². The van der Waals surface area contributed by atoms with Gasteiger partial charge in [-0.25, -0.2) is 0 Å². The van der Waals surface area contributed by atoms with E-state index in [1.165, 1.54) is 0 Å². The van der Waals surface area contributed by atoms with E-state index in [4.69, 9.17) is 18.0 Å². The standard InChI is InChI=1S/C13H14ClNO/c1-3-12(4-2)15-13(16)9-10-6-5-7-11(14)8-10/h1,5-8,12H,4,9H2,2H3,(H,15,16). The van der Waals surface area contributed by atoms with Gasteiger partial charge in [-0.3, -0.25) is 4.79 Å². The molecule has 1 aromatic rings. The molecule has 1 atom stereocenters. The maximum Gasteiger partial charge on any atom is 0.225 e. The first-order chi connectivity index (χ1) is 7.65. The smallest absolute Gasteiger partial charge is 0.225 e. The molecule has 0 saturated heterocycles. The van der Waals surface area contributed by atoms with E-state index < -0.39 is 0 Å². The summed E-state index contributed by atoms with van der Waals surface area (Å²) in [4.78, 5) is 11.6. The largest absolute Gasteiger partial charge is 0.342 e. The van der Waals surface area contributed by atoms with E-state index in [0.29, 0.717) is 11.4 Å². The minimum atomic E-state index is -0.188. The molecule has 0 aliphatic carbocycles. The molecule has 0 heterocycles. The summed E-state index contributed by atoms with van der Waals surface area (Å²) in [6, 6.07) is 7.05. The third kappa shape index (κ3) is 3.96. The van der Waals surface area contributed by atoms with Gasteiger partial charge in [0, 0.05) is 5.02 Å². The van der Waals surface area contributed by atoms with Crippen molar-refractivity contribution < 1.29 is 4.79 Å². The molecule has 1 amide bonds. The molecular formula is C13H14ClNO. The number of carbonyl (C=O) groups is 1. The highest BCUT2D eigenvalue weighted by molar-refractivity contribution is 6.30. The van der Waals surface area contributed by atoms with Crippen LogP contribution in [0.1, 0.15) is 18.9 Å². The second-order valence-corrected chi connectivity index (χ2v) is 3.94. The van der Waals surface area contributed by atoms with Crippen LogP contribution in [-0.2, 0) is 11.2 Å². The molecule has 2 nitrogen and oxygen atoms in total. The summed E-state index contributed by atoms with van der Waals surface area (Å²) in [7, 11) is 0. The normalized spacial score (nSPS) is 11.6. The van der Waals surface area contributed by atoms with Gasteiger partial charge < -0.3 is 5.32 Å². The first-order valence-corrected chi connectivity index (χ1v) is 5.53. The van der Waals surface area contributed by atoms with Gasteiger partial charge in [-0.1, -0.05) is 36.6 Å². The molecule has 0 aromatic heterocycles. The molecular weight excluding hydrogens is 222 g/mol. The Morgan fingerprint density at radius 2 is 2.38 bits per heavy atom. The second-order valence-electron chi connectivity index (χ2n) is 3.50. The first kappa shape index (κ1) is 12.6. The van der Waals surface area contributed by atoms with E-state index in [-0.39, 0.29) is 11.9 Å². The Labute approximate surface area is 101 Å². The van der Waals surface area contributed by atoms with Crippen LogP contribution in [0.5, 0.6) is 0 Å². The van der Waals surface area contributed by atoms with Gasteiger partial charge in [0.2, 0.25) is 5.91 Å². The SMILES string of the molecule is C#CC(CC)NC(=O)Cc1cccc(Cl)c1. The highest BCUT2D eigenvalue weighted by atomic mass is 35.5. The van der Waals surface area contributed by atoms with Gasteiger partial charge in [0.25, 0.3) is 0 Å². The van der Waals surface area contributed by atoms with Gasteiger partial charge in [0.15, 0.2) is 0 Å². The maximum atomic E-state index is 11.6. The molecule has 1 aromatic carbocycles. The lowest BCUT2D eigenvalue weighted by Gasteiger charge is -2.10. The van der Waals surface area contributed by atoms with Crippen LogP contribution in [0.4, 0.5) is 0 Å². The van der Waals surface area contributed by atoms with E-state index in [9.17, 15) is 4.79 Å².